The van der Waals surface area contributed by atoms with Crippen molar-refractivity contribution in [2.75, 3.05) is 18.2 Å². The highest BCUT2D eigenvalue weighted by molar-refractivity contribution is 7.97. The van der Waals surface area contributed by atoms with E-state index in [1.165, 1.54) is 5.56 Å². The van der Waals surface area contributed by atoms with Gasteiger partial charge in [-0.1, -0.05) is 12.1 Å². The van der Waals surface area contributed by atoms with Gasteiger partial charge in [-0.3, -0.25) is 4.79 Å². The minimum atomic E-state index is -0.102. The van der Waals surface area contributed by atoms with E-state index in [1.54, 1.807) is 11.8 Å². The Morgan fingerprint density at radius 2 is 1.76 bits per heavy atom. The van der Waals surface area contributed by atoms with Crippen LogP contribution >= 0.6 is 11.8 Å². The largest absolute Gasteiger partial charge is 0.494 e. The lowest BCUT2D eigenvalue weighted by molar-refractivity contribution is 0.102. The zero-order chi connectivity index (χ0) is 15.1. The topological polar surface area (TPSA) is 38.3 Å². The first-order chi connectivity index (χ1) is 10.2. The highest BCUT2D eigenvalue weighted by atomic mass is 32.2. The molecule has 110 valence electrons. The summed E-state index contributed by atoms with van der Waals surface area (Å²) in [7, 11) is 0. The molecule has 0 saturated carbocycles. The molecule has 21 heavy (non-hydrogen) atoms. The average molecular weight is 301 g/mol. The minimum absolute atomic E-state index is 0.102. The molecule has 2 aromatic carbocycles. The van der Waals surface area contributed by atoms with Crippen molar-refractivity contribution >= 4 is 23.4 Å². The molecule has 0 bridgehead atoms. The maximum absolute atomic E-state index is 12.1. The summed E-state index contributed by atoms with van der Waals surface area (Å²) in [6.07, 6.45) is 2.06. The van der Waals surface area contributed by atoms with Gasteiger partial charge in [0.05, 0.1) is 6.61 Å². The predicted octanol–water partition coefficient (Wildman–Crippen LogP) is 4.20. The van der Waals surface area contributed by atoms with E-state index in [0.717, 1.165) is 17.2 Å². The molecule has 0 aliphatic heterocycles. The number of carbonyl (C=O) groups is 1. The third-order valence-corrected chi connectivity index (χ3v) is 3.57. The van der Waals surface area contributed by atoms with Crippen molar-refractivity contribution in [1.82, 2.24) is 0 Å². The van der Waals surface area contributed by atoms with Gasteiger partial charge < -0.3 is 10.1 Å². The van der Waals surface area contributed by atoms with E-state index >= 15 is 0 Å². The highest BCUT2D eigenvalue weighted by Gasteiger charge is 2.06. The normalized spacial score (nSPS) is 10.2. The number of amides is 1. The standard InChI is InChI=1S/C17H19NO2S/c1-3-20-16-10-8-15(9-11-16)18-17(19)14-6-4-13(5-7-14)12-21-2/h4-11H,3,12H2,1-2H3,(H,18,19). The molecular weight excluding hydrogens is 282 g/mol. The van der Waals surface area contributed by atoms with Gasteiger partial charge in [-0.15, -0.1) is 0 Å². The lowest BCUT2D eigenvalue weighted by atomic mass is 10.1. The average Bonchev–Trinajstić information content (AvgIpc) is 2.50. The SMILES string of the molecule is CCOc1ccc(NC(=O)c2ccc(CSC)cc2)cc1. The zero-order valence-electron chi connectivity index (χ0n) is 12.3. The molecule has 0 aliphatic rings. The molecule has 0 unspecified atom stereocenters. The zero-order valence-corrected chi connectivity index (χ0v) is 13.1. The van der Waals surface area contributed by atoms with E-state index < -0.39 is 0 Å². The number of ether oxygens (including phenoxy) is 1. The molecule has 3 nitrogen and oxygen atoms in total. The molecule has 2 rings (SSSR count). The second-order valence-corrected chi connectivity index (χ2v) is 5.41. The van der Waals surface area contributed by atoms with Gasteiger partial charge in [0, 0.05) is 17.0 Å². The molecule has 1 amide bonds. The maximum Gasteiger partial charge on any atom is 0.255 e. The van der Waals surface area contributed by atoms with Gasteiger partial charge in [0.1, 0.15) is 5.75 Å². The van der Waals surface area contributed by atoms with Crippen molar-refractivity contribution < 1.29 is 9.53 Å². The predicted molar refractivity (Wildman–Crippen MR) is 89.2 cm³/mol. The summed E-state index contributed by atoms with van der Waals surface area (Å²) in [6, 6.07) is 15.1. The number of rotatable bonds is 6. The number of carbonyl (C=O) groups excluding carboxylic acids is 1. The summed E-state index contributed by atoms with van der Waals surface area (Å²) < 4.78 is 5.37. The maximum atomic E-state index is 12.1. The van der Waals surface area contributed by atoms with Crippen LogP contribution in [0.3, 0.4) is 0 Å². The molecule has 0 aromatic heterocycles. The molecule has 0 aliphatic carbocycles. The molecule has 0 fully saturated rings. The first-order valence-electron chi connectivity index (χ1n) is 6.85. The Bertz CT molecular complexity index is 579. The van der Waals surface area contributed by atoms with E-state index in [4.69, 9.17) is 4.74 Å². The molecule has 1 N–H and O–H groups in total. The van der Waals surface area contributed by atoms with Crippen LogP contribution in [0.5, 0.6) is 5.75 Å². The number of hydrogen-bond acceptors (Lipinski definition) is 3. The molecule has 0 spiro atoms. The molecule has 0 heterocycles. The van der Waals surface area contributed by atoms with Crippen molar-refractivity contribution in [1.29, 1.82) is 0 Å². The first-order valence-corrected chi connectivity index (χ1v) is 8.24. The summed E-state index contributed by atoms with van der Waals surface area (Å²) in [5.41, 5.74) is 2.64. The van der Waals surface area contributed by atoms with Crippen molar-refractivity contribution in [3.8, 4) is 5.75 Å². The summed E-state index contributed by atoms with van der Waals surface area (Å²) in [4.78, 5) is 12.1. The van der Waals surface area contributed by atoms with E-state index in [9.17, 15) is 4.79 Å². The van der Waals surface area contributed by atoms with E-state index in [1.807, 2.05) is 55.5 Å². The highest BCUT2D eigenvalue weighted by Crippen LogP contribution is 2.17. The molecule has 0 radical (unpaired) electrons. The number of anilines is 1. The fourth-order valence-electron chi connectivity index (χ4n) is 1.92. The lowest BCUT2D eigenvalue weighted by Crippen LogP contribution is -2.11. The quantitative estimate of drug-likeness (QED) is 0.869. The minimum Gasteiger partial charge on any atom is -0.494 e. The van der Waals surface area contributed by atoms with Crippen LogP contribution in [0.25, 0.3) is 0 Å². The second kappa shape index (κ2) is 7.74. The van der Waals surface area contributed by atoms with Gasteiger partial charge in [-0.25, -0.2) is 0 Å². The first kappa shape index (κ1) is 15.4. The third-order valence-electron chi connectivity index (χ3n) is 2.95. The fourth-order valence-corrected chi connectivity index (χ4v) is 2.45. The summed E-state index contributed by atoms with van der Waals surface area (Å²) in [6.45, 7) is 2.57. The molecule has 0 atom stereocenters. The summed E-state index contributed by atoms with van der Waals surface area (Å²) in [5, 5.41) is 2.88. The van der Waals surface area contributed by atoms with Crippen LogP contribution in [0, 0.1) is 0 Å². The Hall–Kier alpha value is -1.94. The van der Waals surface area contributed by atoms with Crippen LogP contribution in [-0.2, 0) is 5.75 Å². The number of benzene rings is 2. The fraction of sp³-hybridized carbons (Fsp3) is 0.235. The van der Waals surface area contributed by atoms with Crippen LogP contribution in [-0.4, -0.2) is 18.8 Å². The smallest absolute Gasteiger partial charge is 0.255 e. The van der Waals surface area contributed by atoms with Crippen molar-refractivity contribution in [3.63, 3.8) is 0 Å². The number of hydrogen-bond donors (Lipinski definition) is 1. The summed E-state index contributed by atoms with van der Waals surface area (Å²) >= 11 is 1.76. The Morgan fingerprint density at radius 3 is 2.33 bits per heavy atom. The molecule has 4 heteroatoms. The monoisotopic (exact) mass is 301 g/mol. The Morgan fingerprint density at radius 1 is 1.10 bits per heavy atom. The van der Waals surface area contributed by atoms with Crippen molar-refractivity contribution in [3.05, 3.63) is 59.7 Å². The molecular formula is C17H19NO2S. The van der Waals surface area contributed by atoms with Crippen LogP contribution in [0.15, 0.2) is 48.5 Å². The van der Waals surface area contributed by atoms with Crippen LogP contribution in [0.4, 0.5) is 5.69 Å². The Labute approximate surface area is 129 Å². The van der Waals surface area contributed by atoms with Gasteiger partial charge in [0.15, 0.2) is 0 Å². The van der Waals surface area contributed by atoms with Crippen LogP contribution < -0.4 is 10.1 Å². The van der Waals surface area contributed by atoms with Gasteiger partial charge in [-0.2, -0.15) is 11.8 Å². The van der Waals surface area contributed by atoms with Gasteiger partial charge in [-0.05, 0) is 55.1 Å². The molecule has 2 aromatic rings. The van der Waals surface area contributed by atoms with E-state index in [0.29, 0.717) is 12.2 Å². The number of nitrogens with one attached hydrogen (secondary N) is 1. The molecule has 0 saturated heterocycles. The third kappa shape index (κ3) is 4.53. The van der Waals surface area contributed by atoms with Crippen molar-refractivity contribution in [2.24, 2.45) is 0 Å². The Balaban J connectivity index is 2.00. The lowest BCUT2D eigenvalue weighted by Gasteiger charge is -2.07. The van der Waals surface area contributed by atoms with Gasteiger partial charge >= 0.3 is 0 Å². The van der Waals surface area contributed by atoms with E-state index in [-0.39, 0.29) is 5.91 Å². The van der Waals surface area contributed by atoms with E-state index in [2.05, 4.69) is 11.6 Å². The second-order valence-electron chi connectivity index (χ2n) is 4.54. The number of thioether (sulfide) groups is 1. The van der Waals surface area contributed by atoms with Gasteiger partial charge in [0.2, 0.25) is 0 Å². The Kier molecular flexibility index (Phi) is 5.69. The van der Waals surface area contributed by atoms with Gasteiger partial charge in [0.25, 0.3) is 5.91 Å². The van der Waals surface area contributed by atoms with Crippen molar-refractivity contribution in [2.45, 2.75) is 12.7 Å². The van der Waals surface area contributed by atoms with Crippen LogP contribution in [0.1, 0.15) is 22.8 Å². The summed E-state index contributed by atoms with van der Waals surface area (Å²) in [5.74, 6) is 1.66. The van der Waals surface area contributed by atoms with Crippen LogP contribution in [0.2, 0.25) is 0 Å².